The third-order valence-electron chi connectivity index (χ3n) is 5.45. The maximum absolute atomic E-state index is 11.0. The molecule has 0 aromatic rings. The van der Waals surface area contributed by atoms with Crippen molar-refractivity contribution in [1.82, 2.24) is 10.6 Å². The van der Waals surface area contributed by atoms with E-state index in [1.54, 1.807) is 0 Å². The number of carboxylic acid groups (broad SMARTS) is 1. The van der Waals surface area contributed by atoms with Crippen LogP contribution in [0, 0.1) is 23.7 Å². The zero-order chi connectivity index (χ0) is 25.9. The summed E-state index contributed by atoms with van der Waals surface area (Å²) in [5, 5.41) is 21.4. The van der Waals surface area contributed by atoms with Crippen LogP contribution >= 0.6 is 0 Å². The molecule has 9 heteroatoms. The van der Waals surface area contributed by atoms with Gasteiger partial charge in [-0.2, -0.15) is 0 Å². The van der Waals surface area contributed by atoms with E-state index in [1.807, 2.05) is 48.5 Å². The van der Waals surface area contributed by atoms with Gasteiger partial charge in [-0.1, -0.05) is 74.7 Å². The van der Waals surface area contributed by atoms with Crippen molar-refractivity contribution >= 4 is 24.2 Å². The summed E-state index contributed by atoms with van der Waals surface area (Å²) in [6.07, 6.45) is 4.71. The summed E-state index contributed by atoms with van der Waals surface area (Å²) in [4.78, 5) is 41.5. The van der Waals surface area contributed by atoms with E-state index in [4.69, 9.17) is 15.9 Å². The van der Waals surface area contributed by atoms with Crippen LogP contribution in [0.3, 0.4) is 0 Å². The zero-order valence-corrected chi connectivity index (χ0v) is 21.2. The summed E-state index contributed by atoms with van der Waals surface area (Å²) < 4.78 is 0. The molecule has 0 radical (unpaired) electrons. The Morgan fingerprint density at radius 2 is 1.56 bits per heavy atom. The minimum absolute atomic E-state index is 0.0718. The Morgan fingerprint density at radius 3 is 1.72 bits per heavy atom. The lowest BCUT2D eigenvalue weighted by Gasteiger charge is -2.13. The van der Waals surface area contributed by atoms with Crippen LogP contribution in [0.25, 0.3) is 0 Å². The molecule has 32 heavy (non-hydrogen) atoms. The van der Waals surface area contributed by atoms with E-state index in [-0.39, 0.29) is 35.7 Å². The van der Waals surface area contributed by atoms with E-state index >= 15 is 0 Å². The monoisotopic (exact) mass is 461 g/mol. The van der Waals surface area contributed by atoms with E-state index in [1.165, 1.54) is 0 Å². The number of rotatable bonds is 9. The van der Waals surface area contributed by atoms with Gasteiger partial charge in [0.25, 0.3) is 5.91 Å². The maximum Gasteiger partial charge on any atom is 0.322 e. The molecule has 0 aliphatic carbocycles. The lowest BCUT2D eigenvalue weighted by Crippen LogP contribution is -2.36. The lowest BCUT2D eigenvalue weighted by molar-refractivity contribution is -0.139. The minimum atomic E-state index is -0.913. The lowest BCUT2D eigenvalue weighted by atomic mass is 10.00. The number of carboxylic acids is 1. The van der Waals surface area contributed by atoms with Crippen LogP contribution in [-0.4, -0.2) is 53.1 Å². The molecule has 0 spiro atoms. The highest BCUT2D eigenvalue weighted by Crippen LogP contribution is 2.10. The Labute approximate surface area is 193 Å². The maximum atomic E-state index is 11.0. The predicted octanol–water partition coefficient (Wildman–Crippen LogP) is 2.94. The first kappa shape index (κ1) is 34.6. The first-order valence-corrected chi connectivity index (χ1v) is 11.5. The van der Waals surface area contributed by atoms with Crippen molar-refractivity contribution in [2.45, 2.75) is 93.2 Å². The van der Waals surface area contributed by atoms with Crippen LogP contribution < -0.4 is 16.4 Å². The van der Waals surface area contributed by atoms with Crippen LogP contribution in [0.1, 0.15) is 81.1 Å². The Morgan fingerprint density at radius 1 is 1.03 bits per heavy atom. The fraction of sp³-hybridized carbons (Fsp3) is 0.826. The number of aldehydes is 1. The van der Waals surface area contributed by atoms with E-state index in [9.17, 15) is 19.2 Å². The van der Waals surface area contributed by atoms with Gasteiger partial charge in [0.15, 0.2) is 0 Å². The van der Waals surface area contributed by atoms with Crippen molar-refractivity contribution < 1.29 is 29.4 Å². The molecular weight excluding hydrogens is 414 g/mol. The van der Waals surface area contributed by atoms with Gasteiger partial charge >= 0.3 is 12.0 Å². The molecule has 0 bridgehead atoms. The highest BCUT2D eigenvalue weighted by molar-refractivity contribution is 6.04. The molecule has 0 aromatic carbocycles. The van der Waals surface area contributed by atoms with Gasteiger partial charge in [-0.05, 0) is 24.2 Å². The average molecular weight is 462 g/mol. The molecule has 1 heterocycles. The van der Waals surface area contributed by atoms with E-state index in [0.29, 0.717) is 12.5 Å². The SMILES string of the molecule is CC[C@@H](C)C1NC(=O)NC1=O.CC[C@@H](C)C=O.CC[C@@H](C)CO.CC[C@@H](C)[C@@H](N)C(=O)O. The zero-order valence-electron chi connectivity index (χ0n) is 21.2. The van der Waals surface area contributed by atoms with Crippen molar-refractivity contribution in [3.05, 3.63) is 0 Å². The van der Waals surface area contributed by atoms with Gasteiger partial charge in [0.05, 0.1) is 0 Å². The fourth-order valence-corrected chi connectivity index (χ4v) is 1.79. The van der Waals surface area contributed by atoms with Crippen LogP contribution in [0.2, 0.25) is 0 Å². The number of carbonyl (C=O) groups is 4. The fourth-order valence-electron chi connectivity index (χ4n) is 1.79. The minimum Gasteiger partial charge on any atom is -0.480 e. The first-order valence-electron chi connectivity index (χ1n) is 11.5. The predicted molar refractivity (Wildman–Crippen MR) is 127 cm³/mol. The Bertz CT molecular complexity index is 526. The van der Waals surface area contributed by atoms with Gasteiger partial charge in [0.1, 0.15) is 18.4 Å². The second-order valence-electron chi connectivity index (χ2n) is 8.29. The molecule has 9 nitrogen and oxygen atoms in total. The molecule has 3 amide bonds. The normalized spacial score (nSPS) is 19.0. The third kappa shape index (κ3) is 17.7. The summed E-state index contributed by atoms with van der Waals surface area (Å²) in [5.74, 6) is -0.0901. The summed E-state index contributed by atoms with van der Waals surface area (Å²) in [7, 11) is 0. The molecule has 0 aromatic heterocycles. The topological polar surface area (TPSA) is 159 Å². The second kappa shape index (κ2) is 20.9. The number of amides is 3. The van der Waals surface area contributed by atoms with Gasteiger partial charge in [0, 0.05) is 12.5 Å². The molecule has 190 valence electrons. The summed E-state index contributed by atoms with van der Waals surface area (Å²) in [6.45, 7) is 16.0. The Balaban J connectivity index is -0.000000364. The number of carbonyl (C=O) groups excluding carboxylic acids is 3. The molecule has 1 rings (SSSR count). The number of aliphatic hydroxyl groups excluding tert-OH is 1. The van der Waals surface area contributed by atoms with Crippen molar-refractivity contribution in [1.29, 1.82) is 0 Å². The van der Waals surface area contributed by atoms with Crippen molar-refractivity contribution in [3.63, 3.8) is 0 Å². The van der Waals surface area contributed by atoms with Gasteiger partial charge in [-0.15, -0.1) is 0 Å². The summed E-state index contributed by atoms with van der Waals surface area (Å²) in [5.41, 5.74) is 5.27. The van der Waals surface area contributed by atoms with Crippen molar-refractivity contribution in [2.75, 3.05) is 6.61 Å². The standard InChI is InChI=1S/C7H12N2O2.C6H13NO2.C5H12O.C5H10O/c1-3-4(2)5-6(10)9-7(11)8-5;1-3-4(2)5(7)6(8)9;2*1-3-5(2)4-6/h4-5H,3H2,1-2H3,(H2,8,9,10,11);4-5H,3,7H2,1-2H3,(H,8,9);5-6H,3-4H2,1-2H3;4-5H,3H2,1-2H3/t4-,5?;4-,5-;2*5-/m1111/s1. The van der Waals surface area contributed by atoms with Crippen molar-refractivity contribution in [2.24, 2.45) is 29.4 Å². The molecule has 6 N–H and O–H groups in total. The molecule has 1 fully saturated rings. The van der Waals surface area contributed by atoms with Crippen LogP contribution in [-0.2, 0) is 14.4 Å². The van der Waals surface area contributed by atoms with Gasteiger partial charge in [-0.25, -0.2) is 4.79 Å². The molecular formula is C23H47N3O6. The van der Waals surface area contributed by atoms with Gasteiger partial charge < -0.3 is 26.1 Å². The molecule has 1 unspecified atom stereocenters. The summed E-state index contributed by atoms with van der Waals surface area (Å²) in [6, 6.07) is -1.40. The van der Waals surface area contributed by atoms with E-state index in [2.05, 4.69) is 17.6 Å². The Kier molecular flexibility index (Phi) is 22.6. The van der Waals surface area contributed by atoms with Crippen molar-refractivity contribution in [3.8, 4) is 0 Å². The number of aliphatic carboxylic acids is 1. The second-order valence-corrected chi connectivity index (χ2v) is 8.29. The smallest absolute Gasteiger partial charge is 0.322 e. The van der Waals surface area contributed by atoms with E-state index in [0.717, 1.165) is 32.0 Å². The van der Waals surface area contributed by atoms with Gasteiger partial charge in [-0.3, -0.25) is 14.9 Å². The molecule has 1 aliphatic heterocycles. The van der Waals surface area contributed by atoms with Crippen LogP contribution in [0.15, 0.2) is 0 Å². The molecule has 6 atom stereocenters. The first-order chi connectivity index (χ1) is 14.9. The molecule has 1 saturated heterocycles. The number of hydrogen-bond acceptors (Lipinski definition) is 6. The van der Waals surface area contributed by atoms with Crippen LogP contribution in [0.4, 0.5) is 4.79 Å². The Hall–Kier alpha value is -2.00. The van der Waals surface area contributed by atoms with Gasteiger partial charge in [0.2, 0.25) is 0 Å². The van der Waals surface area contributed by atoms with E-state index < -0.39 is 12.0 Å². The molecule has 1 aliphatic rings. The largest absolute Gasteiger partial charge is 0.480 e. The highest BCUT2D eigenvalue weighted by Gasteiger charge is 2.32. The van der Waals surface area contributed by atoms with Crippen LogP contribution in [0.5, 0.6) is 0 Å². The number of nitrogens with one attached hydrogen (secondary N) is 2. The summed E-state index contributed by atoms with van der Waals surface area (Å²) >= 11 is 0. The average Bonchev–Trinajstić information content (AvgIpc) is 3.14. The third-order valence-corrected chi connectivity index (χ3v) is 5.45. The number of urea groups is 1. The number of hydrogen-bond donors (Lipinski definition) is 5. The number of aliphatic hydroxyl groups is 1. The molecule has 0 saturated carbocycles. The highest BCUT2D eigenvalue weighted by atomic mass is 16.4. The number of imide groups is 1. The quantitative estimate of drug-likeness (QED) is 0.261. The number of nitrogens with two attached hydrogens (primary N) is 1.